The maximum atomic E-state index is 13.1. The maximum Gasteiger partial charge on any atom is 0.322 e. The second-order valence-corrected chi connectivity index (χ2v) is 8.73. The summed E-state index contributed by atoms with van der Waals surface area (Å²) in [5, 5.41) is 12.1. The highest BCUT2D eigenvalue weighted by atomic mass is 16.2. The maximum absolute atomic E-state index is 13.1. The normalized spacial score (nSPS) is 15.7. The summed E-state index contributed by atoms with van der Waals surface area (Å²) >= 11 is 0. The summed E-state index contributed by atoms with van der Waals surface area (Å²) in [7, 11) is 0. The Labute approximate surface area is 199 Å². The zero-order chi connectivity index (χ0) is 23.3. The number of urea groups is 1. The molecule has 0 bridgehead atoms. The molecule has 1 saturated heterocycles. The van der Waals surface area contributed by atoms with Gasteiger partial charge in [0.15, 0.2) is 5.82 Å². The predicted octanol–water partition coefficient (Wildman–Crippen LogP) is 4.38. The lowest BCUT2D eigenvalue weighted by Crippen LogP contribution is -2.40. The van der Waals surface area contributed by atoms with Gasteiger partial charge in [-0.1, -0.05) is 18.9 Å². The van der Waals surface area contributed by atoms with E-state index in [1.54, 1.807) is 41.6 Å². The second-order valence-electron chi connectivity index (χ2n) is 8.73. The van der Waals surface area contributed by atoms with Gasteiger partial charge in [0.25, 0.3) is 0 Å². The average molecular weight is 454 g/mol. The molecule has 2 aliphatic rings. The first-order chi connectivity index (χ1) is 16.7. The summed E-state index contributed by atoms with van der Waals surface area (Å²) in [6.45, 7) is 2.95. The van der Waals surface area contributed by atoms with Crippen LogP contribution in [0.2, 0.25) is 0 Å². The minimum atomic E-state index is -0.182. The average Bonchev–Trinajstić information content (AvgIpc) is 3.18. The van der Waals surface area contributed by atoms with E-state index < -0.39 is 0 Å². The van der Waals surface area contributed by atoms with Crippen LogP contribution in [0.3, 0.4) is 0 Å². The monoisotopic (exact) mass is 453 g/mol. The van der Waals surface area contributed by atoms with Gasteiger partial charge in [-0.25, -0.2) is 14.8 Å². The van der Waals surface area contributed by atoms with E-state index in [0.717, 1.165) is 48.6 Å². The molecule has 2 aromatic heterocycles. The van der Waals surface area contributed by atoms with E-state index in [4.69, 9.17) is 15.2 Å². The molecule has 2 aliphatic heterocycles. The van der Waals surface area contributed by atoms with E-state index in [1.807, 2.05) is 12.1 Å². The Bertz CT molecular complexity index is 1210. The molecule has 5 rings (SSSR count). The van der Waals surface area contributed by atoms with Crippen molar-refractivity contribution in [1.82, 2.24) is 19.9 Å². The Morgan fingerprint density at radius 2 is 1.88 bits per heavy atom. The number of carbonyl (C=O) groups is 1. The van der Waals surface area contributed by atoms with E-state index in [-0.39, 0.29) is 6.03 Å². The minimum Gasteiger partial charge on any atom is -0.356 e. The van der Waals surface area contributed by atoms with Crippen LogP contribution in [0.4, 0.5) is 16.3 Å². The van der Waals surface area contributed by atoms with Crippen molar-refractivity contribution in [3.8, 4) is 17.5 Å². The molecule has 34 heavy (non-hydrogen) atoms. The summed E-state index contributed by atoms with van der Waals surface area (Å²) in [4.78, 5) is 31.4. The number of nitrogens with zero attached hydrogens (tertiary/aromatic N) is 6. The Morgan fingerprint density at radius 3 is 2.65 bits per heavy atom. The molecule has 0 atom stereocenters. The van der Waals surface area contributed by atoms with Crippen molar-refractivity contribution in [2.24, 2.45) is 0 Å². The molecule has 8 heteroatoms. The number of pyridine rings is 1. The number of fused-ring (bicyclic) bond motifs is 1. The molecule has 8 nitrogen and oxygen atoms in total. The van der Waals surface area contributed by atoms with Crippen LogP contribution in [0, 0.1) is 11.3 Å². The van der Waals surface area contributed by atoms with E-state index >= 15 is 0 Å². The summed E-state index contributed by atoms with van der Waals surface area (Å²) in [6, 6.07) is 12.8. The van der Waals surface area contributed by atoms with Crippen molar-refractivity contribution in [2.75, 3.05) is 29.9 Å². The number of amides is 2. The molecule has 4 heterocycles. The predicted molar refractivity (Wildman–Crippen MR) is 130 cm³/mol. The molecule has 1 aromatic carbocycles. The van der Waals surface area contributed by atoms with Crippen LogP contribution in [0.15, 0.2) is 48.8 Å². The molecule has 0 unspecified atom stereocenters. The minimum absolute atomic E-state index is 0.182. The van der Waals surface area contributed by atoms with E-state index in [1.165, 1.54) is 12.8 Å². The molecule has 0 spiro atoms. The zero-order valence-corrected chi connectivity index (χ0v) is 19.1. The van der Waals surface area contributed by atoms with Crippen LogP contribution < -0.4 is 10.2 Å². The van der Waals surface area contributed by atoms with Gasteiger partial charge in [-0.2, -0.15) is 5.26 Å². The molecule has 172 valence electrons. The molecule has 0 saturated carbocycles. The van der Waals surface area contributed by atoms with Crippen LogP contribution in [-0.4, -0.2) is 45.5 Å². The number of aromatic nitrogens is 3. The van der Waals surface area contributed by atoms with Gasteiger partial charge in [0.2, 0.25) is 0 Å². The Hall–Kier alpha value is -3.99. The fourth-order valence-corrected chi connectivity index (χ4v) is 4.61. The molecule has 1 fully saturated rings. The van der Waals surface area contributed by atoms with Crippen molar-refractivity contribution in [3.63, 3.8) is 0 Å². The Morgan fingerprint density at radius 1 is 1.03 bits per heavy atom. The summed E-state index contributed by atoms with van der Waals surface area (Å²) in [5.74, 6) is 1.63. The number of rotatable bonds is 3. The number of anilines is 2. The second kappa shape index (κ2) is 9.87. The van der Waals surface area contributed by atoms with Crippen molar-refractivity contribution < 1.29 is 4.79 Å². The standard InChI is InChI=1S/C26H27N7O/c27-16-19-7-5-9-21(15-19)29-26(34)33-14-10-23-22(18-33)25(32-12-3-1-2-4-13-32)31-24(30-23)20-8-6-11-28-17-20/h5-9,11,15,17H,1-4,10,12-14,18H2,(H,29,34). The van der Waals surface area contributed by atoms with Crippen molar-refractivity contribution in [1.29, 1.82) is 5.26 Å². The Balaban J connectivity index is 1.45. The number of benzene rings is 1. The van der Waals surface area contributed by atoms with Gasteiger partial charge in [0.1, 0.15) is 5.82 Å². The smallest absolute Gasteiger partial charge is 0.322 e. The summed E-state index contributed by atoms with van der Waals surface area (Å²) in [5.41, 5.74) is 4.07. The molecular formula is C26H27N7O. The topological polar surface area (TPSA) is 98.0 Å². The lowest BCUT2D eigenvalue weighted by molar-refractivity contribution is 0.206. The van der Waals surface area contributed by atoms with Crippen molar-refractivity contribution >= 4 is 17.5 Å². The van der Waals surface area contributed by atoms with Crippen molar-refractivity contribution in [3.05, 3.63) is 65.6 Å². The van der Waals surface area contributed by atoms with Gasteiger partial charge in [-0.3, -0.25) is 4.98 Å². The van der Waals surface area contributed by atoms with Gasteiger partial charge in [-0.15, -0.1) is 0 Å². The number of carbonyl (C=O) groups excluding carboxylic acids is 1. The SMILES string of the molecule is N#Cc1cccc(NC(=O)N2CCc3nc(-c4cccnc4)nc(N4CCCCCC4)c3C2)c1. The zero-order valence-electron chi connectivity index (χ0n) is 19.1. The largest absolute Gasteiger partial charge is 0.356 e. The van der Waals surface area contributed by atoms with Gasteiger partial charge >= 0.3 is 6.03 Å². The van der Waals surface area contributed by atoms with Crippen LogP contribution in [0.25, 0.3) is 11.4 Å². The highest BCUT2D eigenvalue weighted by Gasteiger charge is 2.28. The Kier molecular flexibility index (Phi) is 6.34. The number of nitrogens with one attached hydrogen (secondary N) is 1. The van der Waals surface area contributed by atoms with Gasteiger partial charge in [-0.05, 0) is 43.2 Å². The van der Waals surface area contributed by atoms with E-state index in [2.05, 4.69) is 21.3 Å². The first-order valence-corrected chi connectivity index (χ1v) is 11.8. The third-order valence-corrected chi connectivity index (χ3v) is 6.39. The third-order valence-electron chi connectivity index (χ3n) is 6.39. The third kappa shape index (κ3) is 4.69. The molecule has 2 amide bonds. The van der Waals surface area contributed by atoms with Gasteiger partial charge in [0, 0.05) is 55.3 Å². The summed E-state index contributed by atoms with van der Waals surface area (Å²) in [6.07, 6.45) is 8.95. The van der Waals surface area contributed by atoms with Gasteiger partial charge in [0.05, 0.1) is 23.9 Å². The first kappa shape index (κ1) is 21.8. The lowest BCUT2D eigenvalue weighted by Gasteiger charge is -2.33. The molecule has 0 aliphatic carbocycles. The van der Waals surface area contributed by atoms with E-state index in [9.17, 15) is 4.79 Å². The highest BCUT2D eigenvalue weighted by Crippen LogP contribution is 2.31. The fourth-order valence-electron chi connectivity index (χ4n) is 4.61. The number of nitriles is 1. The fraction of sp³-hybridized carbons (Fsp3) is 0.346. The van der Waals surface area contributed by atoms with Crippen LogP contribution in [0.1, 0.15) is 42.5 Å². The van der Waals surface area contributed by atoms with Gasteiger partial charge < -0.3 is 15.1 Å². The van der Waals surface area contributed by atoms with Crippen LogP contribution in [-0.2, 0) is 13.0 Å². The lowest BCUT2D eigenvalue weighted by atomic mass is 10.0. The molecule has 1 N–H and O–H groups in total. The molecule has 3 aromatic rings. The molecule has 0 radical (unpaired) electrons. The first-order valence-electron chi connectivity index (χ1n) is 11.8. The number of hydrogen-bond acceptors (Lipinski definition) is 6. The molecular weight excluding hydrogens is 426 g/mol. The quantitative estimate of drug-likeness (QED) is 0.632. The van der Waals surface area contributed by atoms with Crippen molar-refractivity contribution in [2.45, 2.75) is 38.6 Å². The number of hydrogen-bond donors (Lipinski definition) is 1. The van der Waals surface area contributed by atoms with Crippen LogP contribution in [0.5, 0.6) is 0 Å². The summed E-state index contributed by atoms with van der Waals surface area (Å²) < 4.78 is 0. The van der Waals surface area contributed by atoms with E-state index in [0.29, 0.717) is 36.6 Å². The van der Waals surface area contributed by atoms with Crippen LogP contribution >= 0.6 is 0 Å². The highest BCUT2D eigenvalue weighted by molar-refractivity contribution is 5.89.